The van der Waals surface area contributed by atoms with Gasteiger partial charge in [0, 0.05) is 26.4 Å². The van der Waals surface area contributed by atoms with E-state index in [-0.39, 0.29) is 5.60 Å². The van der Waals surface area contributed by atoms with Crippen molar-refractivity contribution in [3.8, 4) is 0 Å². The third-order valence-electron chi connectivity index (χ3n) is 3.32. The second-order valence-corrected chi connectivity index (χ2v) is 4.61. The Morgan fingerprint density at radius 3 is 3.06 bits per heavy atom. The van der Waals surface area contributed by atoms with Gasteiger partial charge in [-0.15, -0.1) is 0 Å². The van der Waals surface area contributed by atoms with Crippen LogP contribution >= 0.6 is 0 Å². The fourth-order valence-electron chi connectivity index (χ4n) is 2.27. The number of rotatable bonds is 2. The first-order chi connectivity index (χ1) is 7.64. The summed E-state index contributed by atoms with van der Waals surface area (Å²) in [4.78, 5) is 6.30. The monoisotopic (exact) mass is 221 g/mol. The first kappa shape index (κ1) is 11.2. The normalized spacial score (nSPS) is 25.8. The van der Waals surface area contributed by atoms with Gasteiger partial charge >= 0.3 is 0 Å². The molecule has 0 aliphatic carbocycles. The predicted molar refractivity (Wildman–Crippen MR) is 65.5 cm³/mol. The lowest BCUT2D eigenvalue weighted by molar-refractivity contribution is -0.00462. The van der Waals surface area contributed by atoms with Crippen LogP contribution in [0.4, 0.5) is 11.4 Å². The maximum atomic E-state index is 5.94. The molecule has 0 aromatic carbocycles. The number of anilines is 2. The highest BCUT2D eigenvalue weighted by Gasteiger charge is 2.31. The lowest BCUT2D eigenvalue weighted by Crippen LogP contribution is -2.47. The summed E-state index contributed by atoms with van der Waals surface area (Å²) in [6.45, 7) is 4.07. The SMILES string of the molecule is COC1(C)CCCN(c2ccncc2N)C1. The van der Waals surface area contributed by atoms with Gasteiger partial charge in [0.2, 0.25) is 0 Å². The Labute approximate surface area is 96.4 Å². The van der Waals surface area contributed by atoms with Crippen molar-refractivity contribution in [2.45, 2.75) is 25.4 Å². The van der Waals surface area contributed by atoms with Crippen molar-refractivity contribution < 1.29 is 4.74 Å². The topological polar surface area (TPSA) is 51.4 Å². The molecule has 4 nitrogen and oxygen atoms in total. The maximum absolute atomic E-state index is 5.94. The van der Waals surface area contributed by atoms with Crippen molar-refractivity contribution >= 4 is 11.4 Å². The Kier molecular flexibility index (Phi) is 3.01. The van der Waals surface area contributed by atoms with Crippen molar-refractivity contribution in [2.75, 3.05) is 30.8 Å². The standard InChI is InChI=1S/C12H19N3O/c1-12(16-2)5-3-7-15(9-12)11-4-6-14-8-10(11)13/h4,6,8H,3,5,7,9,13H2,1-2H3. The third kappa shape index (κ3) is 2.11. The fourth-order valence-corrected chi connectivity index (χ4v) is 2.27. The molecule has 1 aromatic heterocycles. The molecule has 0 saturated carbocycles. The summed E-state index contributed by atoms with van der Waals surface area (Å²) in [5, 5.41) is 0. The van der Waals surface area contributed by atoms with Crippen molar-refractivity contribution in [3.63, 3.8) is 0 Å². The number of aromatic nitrogens is 1. The average molecular weight is 221 g/mol. The number of nitrogen functional groups attached to an aromatic ring is 1. The van der Waals surface area contributed by atoms with E-state index in [1.54, 1.807) is 19.5 Å². The van der Waals surface area contributed by atoms with Gasteiger partial charge in [0.1, 0.15) is 0 Å². The number of nitrogens with zero attached hydrogens (tertiary/aromatic N) is 2. The van der Waals surface area contributed by atoms with Crippen LogP contribution in [-0.4, -0.2) is 30.8 Å². The fraction of sp³-hybridized carbons (Fsp3) is 0.583. The molecule has 0 radical (unpaired) electrons. The van der Waals surface area contributed by atoms with Crippen molar-refractivity contribution in [1.82, 2.24) is 4.98 Å². The number of hydrogen-bond acceptors (Lipinski definition) is 4. The molecule has 2 heterocycles. The highest BCUT2D eigenvalue weighted by Crippen LogP contribution is 2.30. The molecule has 2 rings (SSSR count). The maximum Gasteiger partial charge on any atom is 0.0825 e. The molecule has 1 saturated heterocycles. The highest BCUT2D eigenvalue weighted by molar-refractivity contribution is 5.66. The summed E-state index contributed by atoms with van der Waals surface area (Å²) in [7, 11) is 1.78. The van der Waals surface area contributed by atoms with E-state index in [9.17, 15) is 0 Å². The average Bonchev–Trinajstić information content (AvgIpc) is 2.30. The van der Waals surface area contributed by atoms with E-state index in [1.807, 2.05) is 6.07 Å². The van der Waals surface area contributed by atoms with Crippen LogP contribution in [0.3, 0.4) is 0 Å². The van der Waals surface area contributed by atoms with Gasteiger partial charge in [-0.2, -0.15) is 0 Å². The first-order valence-corrected chi connectivity index (χ1v) is 5.64. The Morgan fingerprint density at radius 1 is 1.56 bits per heavy atom. The van der Waals surface area contributed by atoms with Gasteiger partial charge in [-0.25, -0.2) is 0 Å². The molecule has 1 atom stereocenters. The smallest absolute Gasteiger partial charge is 0.0825 e. The van der Waals surface area contributed by atoms with Crippen LogP contribution in [0.2, 0.25) is 0 Å². The van der Waals surface area contributed by atoms with Crippen LogP contribution in [0.5, 0.6) is 0 Å². The molecular weight excluding hydrogens is 202 g/mol. The van der Waals surface area contributed by atoms with Gasteiger partial charge in [0.25, 0.3) is 0 Å². The Morgan fingerprint density at radius 2 is 2.38 bits per heavy atom. The van der Waals surface area contributed by atoms with E-state index in [2.05, 4.69) is 16.8 Å². The first-order valence-electron chi connectivity index (χ1n) is 5.64. The van der Waals surface area contributed by atoms with E-state index in [4.69, 9.17) is 10.5 Å². The Bertz CT molecular complexity index is 369. The van der Waals surface area contributed by atoms with Gasteiger partial charge in [0.05, 0.1) is 23.2 Å². The highest BCUT2D eigenvalue weighted by atomic mass is 16.5. The molecule has 1 fully saturated rings. The van der Waals surface area contributed by atoms with Gasteiger partial charge < -0.3 is 15.4 Å². The number of ether oxygens (including phenoxy) is 1. The molecule has 0 spiro atoms. The molecule has 1 aromatic rings. The van der Waals surface area contributed by atoms with Gasteiger partial charge in [0.15, 0.2) is 0 Å². The molecule has 0 bridgehead atoms. The minimum Gasteiger partial charge on any atom is -0.396 e. The summed E-state index contributed by atoms with van der Waals surface area (Å²) in [6.07, 6.45) is 5.72. The summed E-state index contributed by atoms with van der Waals surface area (Å²) < 4.78 is 5.57. The summed E-state index contributed by atoms with van der Waals surface area (Å²) in [5.74, 6) is 0. The molecule has 4 heteroatoms. The zero-order valence-electron chi connectivity index (χ0n) is 9.94. The molecular formula is C12H19N3O. The summed E-state index contributed by atoms with van der Waals surface area (Å²) >= 11 is 0. The summed E-state index contributed by atoms with van der Waals surface area (Å²) in [6, 6.07) is 1.97. The largest absolute Gasteiger partial charge is 0.396 e. The molecule has 0 amide bonds. The van der Waals surface area contributed by atoms with Crippen molar-refractivity contribution in [2.24, 2.45) is 0 Å². The molecule has 88 valence electrons. The van der Waals surface area contributed by atoms with E-state index in [0.717, 1.165) is 37.3 Å². The molecule has 1 unspecified atom stereocenters. The zero-order valence-corrected chi connectivity index (χ0v) is 9.94. The lowest BCUT2D eigenvalue weighted by Gasteiger charge is -2.40. The Hall–Kier alpha value is -1.29. The number of nitrogens with two attached hydrogens (primary N) is 1. The van der Waals surface area contributed by atoms with Crippen LogP contribution in [0.15, 0.2) is 18.5 Å². The number of hydrogen-bond donors (Lipinski definition) is 1. The predicted octanol–water partition coefficient (Wildman–Crippen LogP) is 1.67. The van der Waals surface area contributed by atoms with Crippen molar-refractivity contribution in [1.29, 1.82) is 0 Å². The summed E-state index contributed by atoms with van der Waals surface area (Å²) in [5.41, 5.74) is 7.68. The van der Waals surface area contributed by atoms with Crippen LogP contribution in [0, 0.1) is 0 Å². The third-order valence-corrected chi connectivity index (χ3v) is 3.32. The zero-order chi connectivity index (χ0) is 11.6. The Balaban J connectivity index is 2.19. The molecule has 1 aliphatic rings. The van der Waals surface area contributed by atoms with Crippen LogP contribution in [-0.2, 0) is 4.74 Å². The minimum absolute atomic E-state index is 0.0615. The van der Waals surface area contributed by atoms with E-state index >= 15 is 0 Å². The van der Waals surface area contributed by atoms with E-state index in [1.165, 1.54) is 0 Å². The van der Waals surface area contributed by atoms with Crippen LogP contribution in [0.1, 0.15) is 19.8 Å². The molecule has 1 aliphatic heterocycles. The van der Waals surface area contributed by atoms with E-state index < -0.39 is 0 Å². The second kappa shape index (κ2) is 4.29. The van der Waals surface area contributed by atoms with E-state index in [0.29, 0.717) is 0 Å². The minimum atomic E-state index is -0.0615. The van der Waals surface area contributed by atoms with Crippen LogP contribution < -0.4 is 10.6 Å². The quantitative estimate of drug-likeness (QED) is 0.825. The second-order valence-electron chi connectivity index (χ2n) is 4.61. The number of methoxy groups -OCH3 is 1. The van der Waals surface area contributed by atoms with Crippen LogP contribution in [0.25, 0.3) is 0 Å². The number of pyridine rings is 1. The molecule has 2 N–H and O–H groups in total. The van der Waals surface area contributed by atoms with Gasteiger partial charge in [-0.05, 0) is 25.8 Å². The molecule has 16 heavy (non-hydrogen) atoms. The van der Waals surface area contributed by atoms with Gasteiger partial charge in [-0.1, -0.05) is 0 Å². The van der Waals surface area contributed by atoms with Crippen molar-refractivity contribution in [3.05, 3.63) is 18.5 Å². The van der Waals surface area contributed by atoms with Gasteiger partial charge in [-0.3, -0.25) is 4.98 Å². The number of piperidine rings is 1. The lowest BCUT2D eigenvalue weighted by atomic mass is 9.94.